The summed E-state index contributed by atoms with van der Waals surface area (Å²) in [6.45, 7) is 3.82. The summed E-state index contributed by atoms with van der Waals surface area (Å²) in [4.78, 5) is 26.3. The van der Waals surface area contributed by atoms with Gasteiger partial charge in [-0.3, -0.25) is 4.79 Å². The second kappa shape index (κ2) is 6.87. The van der Waals surface area contributed by atoms with Gasteiger partial charge in [0.05, 0.1) is 5.56 Å². The number of esters is 1. The number of carbonyl (C=O) groups is 2. The number of hydrogen-bond acceptors (Lipinski definition) is 3. The van der Waals surface area contributed by atoms with Crippen LogP contribution >= 0.6 is 0 Å². The molecule has 0 bridgehead atoms. The molecule has 3 rings (SSSR count). The van der Waals surface area contributed by atoms with Crippen LogP contribution in [0.15, 0.2) is 48.5 Å². The number of anilines is 1. The minimum atomic E-state index is -0.467. The quantitative estimate of drug-likeness (QED) is 0.810. The highest BCUT2D eigenvalue weighted by molar-refractivity contribution is 5.99. The number of fused-ring (bicyclic) bond motifs is 1. The first kappa shape index (κ1) is 16.2. The SMILES string of the molecule is CCc1ccc(C(=O)OCC(=O)N2c3ccccc3C[C@@H]2C)cc1. The van der Waals surface area contributed by atoms with Crippen molar-refractivity contribution in [2.24, 2.45) is 0 Å². The number of carbonyl (C=O) groups excluding carboxylic acids is 2. The van der Waals surface area contributed by atoms with Crippen LogP contribution in [0.4, 0.5) is 5.69 Å². The third kappa shape index (κ3) is 3.18. The van der Waals surface area contributed by atoms with E-state index >= 15 is 0 Å². The van der Waals surface area contributed by atoms with E-state index in [2.05, 4.69) is 6.92 Å². The van der Waals surface area contributed by atoms with Crippen molar-refractivity contribution in [3.63, 3.8) is 0 Å². The van der Waals surface area contributed by atoms with Gasteiger partial charge in [-0.25, -0.2) is 4.79 Å². The van der Waals surface area contributed by atoms with Crippen LogP contribution in [0.25, 0.3) is 0 Å². The summed E-state index contributed by atoms with van der Waals surface area (Å²) in [7, 11) is 0. The first-order valence-electron chi connectivity index (χ1n) is 8.26. The van der Waals surface area contributed by atoms with Crippen LogP contribution in [0.3, 0.4) is 0 Å². The molecule has 24 heavy (non-hydrogen) atoms. The van der Waals surface area contributed by atoms with Crippen molar-refractivity contribution in [1.29, 1.82) is 0 Å². The molecule has 1 atom stereocenters. The van der Waals surface area contributed by atoms with E-state index in [4.69, 9.17) is 4.74 Å². The van der Waals surface area contributed by atoms with Crippen molar-refractivity contribution < 1.29 is 14.3 Å². The molecule has 0 unspecified atom stereocenters. The van der Waals surface area contributed by atoms with Gasteiger partial charge >= 0.3 is 5.97 Å². The minimum Gasteiger partial charge on any atom is -0.452 e. The Morgan fingerprint density at radius 2 is 1.83 bits per heavy atom. The molecule has 2 aromatic carbocycles. The molecule has 0 spiro atoms. The summed E-state index contributed by atoms with van der Waals surface area (Å²) in [5, 5.41) is 0. The largest absolute Gasteiger partial charge is 0.452 e. The summed E-state index contributed by atoms with van der Waals surface area (Å²) in [6.07, 6.45) is 1.74. The van der Waals surface area contributed by atoms with Crippen molar-refractivity contribution in [1.82, 2.24) is 0 Å². The van der Waals surface area contributed by atoms with Gasteiger partial charge in [0.15, 0.2) is 6.61 Å². The van der Waals surface area contributed by atoms with Crippen LogP contribution < -0.4 is 4.90 Å². The predicted octanol–water partition coefficient (Wildman–Crippen LogP) is 3.38. The first-order valence-corrected chi connectivity index (χ1v) is 8.26. The number of para-hydroxylation sites is 1. The van der Waals surface area contributed by atoms with Crippen LogP contribution in [-0.2, 0) is 22.4 Å². The maximum absolute atomic E-state index is 12.5. The summed E-state index contributed by atoms with van der Waals surface area (Å²) < 4.78 is 5.21. The summed E-state index contributed by atoms with van der Waals surface area (Å²) in [5.41, 5.74) is 3.69. The molecular formula is C20H21NO3. The average Bonchev–Trinajstić information content (AvgIpc) is 2.95. The van der Waals surface area contributed by atoms with Gasteiger partial charge in [0.1, 0.15) is 0 Å². The number of amides is 1. The predicted molar refractivity (Wildman–Crippen MR) is 93.2 cm³/mol. The van der Waals surface area contributed by atoms with Crippen molar-refractivity contribution in [3.05, 3.63) is 65.2 Å². The molecule has 0 radical (unpaired) electrons. The van der Waals surface area contributed by atoms with Crippen LogP contribution in [0.1, 0.15) is 35.3 Å². The molecule has 0 fully saturated rings. The standard InChI is InChI=1S/C20H21NO3/c1-3-15-8-10-16(11-9-15)20(23)24-13-19(22)21-14(2)12-17-6-4-5-7-18(17)21/h4-11,14H,3,12-13H2,1-2H3/t14-/m0/s1. The number of nitrogens with zero attached hydrogens (tertiary/aromatic N) is 1. The molecule has 4 nitrogen and oxygen atoms in total. The van der Waals surface area contributed by atoms with Crippen LogP contribution in [-0.4, -0.2) is 24.5 Å². The second-order valence-corrected chi connectivity index (χ2v) is 6.07. The Kier molecular flexibility index (Phi) is 4.65. The van der Waals surface area contributed by atoms with Crippen molar-refractivity contribution in [2.75, 3.05) is 11.5 Å². The van der Waals surface area contributed by atoms with Crippen molar-refractivity contribution >= 4 is 17.6 Å². The van der Waals surface area contributed by atoms with Gasteiger partial charge < -0.3 is 9.64 Å². The zero-order valence-corrected chi connectivity index (χ0v) is 14.0. The molecule has 2 aromatic rings. The molecule has 0 aromatic heterocycles. The molecule has 1 aliphatic rings. The van der Waals surface area contributed by atoms with Crippen LogP contribution in [0.2, 0.25) is 0 Å². The third-order valence-corrected chi connectivity index (χ3v) is 4.40. The third-order valence-electron chi connectivity index (χ3n) is 4.40. The summed E-state index contributed by atoms with van der Waals surface area (Å²) in [6, 6.07) is 15.2. The fourth-order valence-electron chi connectivity index (χ4n) is 3.10. The Morgan fingerprint density at radius 1 is 1.12 bits per heavy atom. The van der Waals surface area contributed by atoms with E-state index in [0.29, 0.717) is 5.56 Å². The lowest BCUT2D eigenvalue weighted by atomic mass is 10.1. The monoisotopic (exact) mass is 323 g/mol. The van der Waals surface area contributed by atoms with E-state index in [9.17, 15) is 9.59 Å². The first-order chi connectivity index (χ1) is 11.6. The zero-order chi connectivity index (χ0) is 17.1. The van der Waals surface area contributed by atoms with Gasteiger partial charge in [-0.15, -0.1) is 0 Å². The number of aryl methyl sites for hydroxylation is 1. The van der Waals surface area contributed by atoms with Crippen molar-refractivity contribution in [2.45, 2.75) is 32.7 Å². The number of hydrogen-bond donors (Lipinski definition) is 0. The Morgan fingerprint density at radius 3 is 2.54 bits per heavy atom. The Bertz CT molecular complexity index is 752. The molecular weight excluding hydrogens is 302 g/mol. The van der Waals surface area contributed by atoms with Crippen LogP contribution in [0.5, 0.6) is 0 Å². The molecule has 0 saturated heterocycles. The van der Waals surface area contributed by atoms with E-state index in [1.807, 2.05) is 43.3 Å². The topological polar surface area (TPSA) is 46.6 Å². The van der Waals surface area contributed by atoms with Gasteiger partial charge in [-0.05, 0) is 49.1 Å². The van der Waals surface area contributed by atoms with E-state index in [-0.39, 0.29) is 18.6 Å². The number of benzene rings is 2. The second-order valence-electron chi connectivity index (χ2n) is 6.07. The van der Waals surface area contributed by atoms with Crippen LogP contribution in [0, 0.1) is 0 Å². The van der Waals surface area contributed by atoms with E-state index in [1.54, 1.807) is 17.0 Å². The Balaban J connectivity index is 1.64. The molecule has 0 N–H and O–H groups in total. The molecule has 1 aliphatic heterocycles. The zero-order valence-electron chi connectivity index (χ0n) is 14.0. The molecule has 1 amide bonds. The number of ether oxygens (including phenoxy) is 1. The minimum absolute atomic E-state index is 0.0810. The van der Waals surface area contributed by atoms with E-state index in [1.165, 1.54) is 0 Å². The lowest BCUT2D eigenvalue weighted by molar-refractivity contribution is -0.122. The molecule has 4 heteroatoms. The molecule has 0 aliphatic carbocycles. The summed E-state index contributed by atoms with van der Waals surface area (Å²) in [5.74, 6) is -0.655. The van der Waals surface area contributed by atoms with Gasteiger partial charge in [0.2, 0.25) is 0 Å². The van der Waals surface area contributed by atoms with E-state index in [0.717, 1.165) is 29.7 Å². The fourth-order valence-corrected chi connectivity index (χ4v) is 3.10. The normalized spacial score (nSPS) is 15.9. The van der Waals surface area contributed by atoms with Gasteiger partial charge in [0, 0.05) is 11.7 Å². The lowest BCUT2D eigenvalue weighted by Crippen LogP contribution is -2.38. The Labute approximate surface area is 142 Å². The Hall–Kier alpha value is -2.62. The van der Waals surface area contributed by atoms with E-state index < -0.39 is 5.97 Å². The number of rotatable bonds is 4. The smallest absolute Gasteiger partial charge is 0.338 e. The fraction of sp³-hybridized carbons (Fsp3) is 0.300. The summed E-state index contributed by atoms with van der Waals surface area (Å²) >= 11 is 0. The maximum Gasteiger partial charge on any atom is 0.338 e. The van der Waals surface area contributed by atoms with Gasteiger partial charge in [-0.1, -0.05) is 37.3 Å². The highest BCUT2D eigenvalue weighted by Crippen LogP contribution is 2.31. The van der Waals surface area contributed by atoms with Gasteiger partial charge in [-0.2, -0.15) is 0 Å². The maximum atomic E-state index is 12.5. The van der Waals surface area contributed by atoms with Crippen molar-refractivity contribution in [3.8, 4) is 0 Å². The molecule has 1 heterocycles. The highest BCUT2D eigenvalue weighted by atomic mass is 16.5. The highest BCUT2D eigenvalue weighted by Gasteiger charge is 2.30. The average molecular weight is 323 g/mol. The molecule has 124 valence electrons. The lowest BCUT2D eigenvalue weighted by Gasteiger charge is -2.22. The van der Waals surface area contributed by atoms with Gasteiger partial charge in [0.25, 0.3) is 5.91 Å². The molecule has 0 saturated carbocycles.